The third kappa shape index (κ3) is 2.18. The smallest absolute Gasteiger partial charge is 0.131 e. The maximum absolute atomic E-state index is 6.11. The van der Waals surface area contributed by atoms with Crippen molar-refractivity contribution in [2.45, 2.75) is 33.7 Å². The fourth-order valence-corrected chi connectivity index (χ4v) is 1.92. The highest BCUT2D eigenvalue weighted by molar-refractivity contribution is 5.71. The highest BCUT2D eigenvalue weighted by Gasteiger charge is 2.09. The summed E-state index contributed by atoms with van der Waals surface area (Å²) < 4.78 is 2.00. The second kappa shape index (κ2) is 4.62. The van der Waals surface area contributed by atoms with Gasteiger partial charge in [-0.15, -0.1) is 0 Å². The van der Waals surface area contributed by atoms with Gasteiger partial charge in [0.25, 0.3) is 0 Å². The lowest BCUT2D eigenvalue weighted by atomic mass is 10.0. The summed E-state index contributed by atoms with van der Waals surface area (Å²) in [6, 6.07) is 6.34. The number of hydrogen-bond acceptors (Lipinski definition) is 2. The zero-order valence-corrected chi connectivity index (χ0v) is 10.7. The molecule has 1 heterocycles. The fraction of sp³-hybridized carbons (Fsp3) is 0.357. The molecule has 3 heteroatoms. The number of rotatable bonds is 3. The van der Waals surface area contributed by atoms with Gasteiger partial charge in [-0.1, -0.05) is 19.1 Å². The molecule has 0 aliphatic rings. The third-order valence-corrected chi connectivity index (χ3v) is 3.12. The van der Waals surface area contributed by atoms with E-state index in [9.17, 15) is 0 Å². The molecule has 0 unspecified atom stereocenters. The number of nitrogens with zero attached hydrogens (tertiary/aromatic N) is 2. The van der Waals surface area contributed by atoms with Crippen LogP contribution in [0.5, 0.6) is 0 Å². The third-order valence-electron chi connectivity index (χ3n) is 3.12. The SMILES string of the molecule is CCCn1cnc(-c2ccc(C)c(C)c2)c1N. The van der Waals surface area contributed by atoms with E-state index in [0.29, 0.717) is 0 Å². The summed E-state index contributed by atoms with van der Waals surface area (Å²) >= 11 is 0. The van der Waals surface area contributed by atoms with E-state index >= 15 is 0 Å². The van der Waals surface area contributed by atoms with Crippen molar-refractivity contribution in [3.63, 3.8) is 0 Å². The maximum atomic E-state index is 6.11. The monoisotopic (exact) mass is 229 g/mol. The molecule has 2 aromatic rings. The summed E-state index contributed by atoms with van der Waals surface area (Å²) in [4.78, 5) is 4.41. The highest BCUT2D eigenvalue weighted by Crippen LogP contribution is 2.26. The van der Waals surface area contributed by atoms with Crippen LogP contribution >= 0.6 is 0 Å². The van der Waals surface area contributed by atoms with Crippen LogP contribution < -0.4 is 5.73 Å². The van der Waals surface area contributed by atoms with Gasteiger partial charge in [0.2, 0.25) is 0 Å². The van der Waals surface area contributed by atoms with Crippen LogP contribution in [0.15, 0.2) is 24.5 Å². The number of aryl methyl sites for hydroxylation is 3. The molecule has 0 saturated heterocycles. The van der Waals surface area contributed by atoms with Gasteiger partial charge in [-0.05, 0) is 37.5 Å². The number of aromatic nitrogens is 2. The van der Waals surface area contributed by atoms with E-state index in [2.05, 4.69) is 44.0 Å². The Kier molecular flexibility index (Phi) is 3.18. The molecule has 0 bridgehead atoms. The Morgan fingerprint density at radius 2 is 2.00 bits per heavy atom. The van der Waals surface area contributed by atoms with Gasteiger partial charge in [0.1, 0.15) is 11.5 Å². The molecule has 0 amide bonds. The average Bonchev–Trinajstić information content (AvgIpc) is 2.66. The quantitative estimate of drug-likeness (QED) is 0.878. The molecule has 3 nitrogen and oxygen atoms in total. The summed E-state index contributed by atoms with van der Waals surface area (Å²) in [5, 5.41) is 0. The van der Waals surface area contributed by atoms with E-state index in [-0.39, 0.29) is 0 Å². The highest BCUT2D eigenvalue weighted by atomic mass is 15.1. The summed E-state index contributed by atoms with van der Waals surface area (Å²) in [5.74, 6) is 0.759. The molecule has 2 rings (SSSR count). The predicted molar refractivity (Wildman–Crippen MR) is 71.8 cm³/mol. The molecule has 0 spiro atoms. The normalized spacial score (nSPS) is 10.8. The minimum atomic E-state index is 0.759. The van der Waals surface area contributed by atoms with E-state index in [1.54, 1.807) is 0 Å². The molecule has 0 atom stereocenters. The summed E-state index contributed by atoms with van der Waals surface area (Å²) in [5.41, 5.74) is 10.7. The van der Waals surface area contributed by atoms with Crippen molar-refractivity contribution in [1.29, 1.82) is 0 Å². The second-order valence-corrected chi connectivity index (χ2v) is 4.47. The van der Waals surface area contributed by atoms with Crippen molar-refractivity contribution in [2.24, 2.45) is 0 Å². The van der Waals surface area contributed by atoms with Crippen molar-refractivity contribution in [2.75, 3.05) is 5.73 Å². The molecule has 0 saturated carbocycles. The van der Waals surface area contributed by atoms with Crippen molar-refractivity contribution in [1.82, 2.24) is 9.55 Å². The van der Waals surface area contributed by atoms with Crippen molar-refractivity contribution >= 4 is 5.82 Å². The van der Waals surface area contributed by atoms with Gasteiger partial charge in [0, 0.05) is 12.1 Å². The number of imidazole rings is 1. The molecular formula is C14H19N3. The first-order valence-corrected chi connectivity index (χ1v) is 6.01. The number of nitrogens with two attached hydrogens (primary N) is 1. The van der Waals surface area contributed by atoms with E-state index in [1.165, 1.54) is 11.1 Å². The Morgan fingerprint density at radius 1 is 1.24 bits per heavy atom. The van der Waals surface area contributed by atoms with Crippen molar-refractivity contribution in [3.8, 4) is 11.3 Å². The number of anilines is 1. The maximum Gasteiger partial charge on any atom is 0.131 e. The summed E-state index contributed by atoms with van der Waals surface area (Å²) in [7, 11) is 0. The van der Waals surface area contributed by atoms with Gasteiger partial charge >= 0.3 is 0 Å². The Balaban J connectivity index is 2.42. The van der Waals surface area contributed by atoms with E-state index in [4.69, 9.17) is 5.73 Å². The first kappa shape index (κ1) is 11.7. The standard InChI is InChI=1S/C14H19N3/c1-4-7-17-9-16-13(14(17)15)12-6-5-10(2)11(3)8-12/h5-6,8-9H,4,7,15H2,1-3H3. The molecule has 90 valence electrons. The van der Waals surface area contributed by atoms with Gasteiger partial charge in [0.15, 0.2) is 0 Å². The van der Waals surface area contributed by atoms with Gasteiger partial charge in [-0.25, -0.2) is 4.98 Å². The van der Waals surface area contributed by atoms with Crippen LogP contribution in [-0.4, -0.2) is 9.55 Å². The van der Waals surface area contributed by atoms with Crippen LogP contribution in [0, 0.1) is 13.8 Å². The second-order valence-electron chi connectivity index (χ2n) is 4.47. The zero-order valence-electron chi connectivity index (χ0n) is 10.7. The summed E-state index contributed by atoms with van der Waals surface area (Å²) in [6.45, 7) is 7.27. The molecule has 17 heavy (non-hydrogen) atoms. The molecule has 0 fully saturated rings. The molecule has 0 radical (unpaired) electrons. The molecule has 2 N–H and O–H groups in total. The Morgan fingerprint density at radius 3 is 2.65 bits per heavy atom. The molecular weight excluding hydrogens is 210 g/mol. The van der Waals surface area contributed by atoms with E-state index in [1.807, 2.05) is 10.9 Å². The van der Waals surface area contributed by atoms with Crippen LogP contribution in [0.25, 0.3) is 11.3 Å². The predicted octanol–water partition coefficient (Wildman–Crippen LogP) is 3.16. The minimum absolute atomic E-state index is 0.759. The largest absolute Gasteiger partial charge is 0.383 e. The Labute approximate surface area is 102 Å². The minimum Gasteiger partial charge on any atom is -0.383 e. The molecule has 1 aromatic heterocycles. The molecule has 0 aliphatic carbocycles. The first-order chi connectivity index (χ1) is 8.13. The lowest BCUT2D eigenvalue weighted by Crippen LogP contribution is -2.01. The van der Waals surface area contributed by atoms with E-state index < -0.39 is 0 Å². The zero-order chi connectivity index (χ0) is 12.4. The van der Waals surface area contributed by atoms with Gasteiger partial charge in [0.05, 0.1) is 6.33 Å². The van der Waals surface area contributed by atoms with Crippen LogP contribution in [0.1, 0.15) is 24.5 Å². The van der Waals surface area contributed by atoms with Crippen molar-refractivity contribution in [3.05, 3.63) is 35.7 Å². The number of hydrogen-bond donors (Lipinski definition) is 1. The molecule has 1 aromatic carbocycles. The lowest BCUT2D eigenvalue weighted by molar-refractivity contribution is 0.686. The summed E-state index contributed by atoms with van der Waals surface area (Å²) in [6.07, 6.45) is 2.89. The Hall–Kier alpha value is -1.77. The van der Waals surface area contributed by atoms with Crippen molar-refractivity contribution < 1.29 is 0 Å². The first-order valence-electron chi connectivity index (χ1n) is 6.01. The number of benzene rings is 1. The topological polar surface area (TPSA) is 43.8 Å². The van der Waals surface area contributed by atoms with Crippen LogP contribution in [0.2, 0.25) is 0 Å². The lowest BCUT2D eigenvalue weighted by Gasteiger charge is -2.06. The van der Waals surface area contributed by atoms with E-state index in [0.717, 1.165) is 30.0 Å². The Bertz CT molecular complexity index is 526. The van der Waals surface area contributed by atoms with Crippen LogP contribution in [0.3, 0.4) is 0 Å². The van der Waals surface area contributed by atoms with Crippen LogP contribution in [-0.2, 0) is 6.54 Å². The fourth-order valence-electron chi connectivity index (χ4n) is 1.92. The van der Waals surface area contributed by atoms with Crippen LogP contribution in [0.4, 0.5) is 5.82 Å². The van der Waals surface area contributed by atoms with Gasteiger partial charge in [-0.2, -0.15) is 0 Å². The number of nitrogen functional groups attached to an aromatic ring is 1. The van der Waals surface area contributed by atoms with Gasteiger partial charge in [-0.3, -0.25) is 0 Å². The average molecular weight is 229 g/mol. The van der Waals surface area contributed by atoms with Gasteiger partial charge < -0.3 is 10.3 Å². The molecule has 0 aliphatic heterocycles.